The van der Waals surface area contributed by atoms with E-state index in [1.807, 2.05) is 0 Å². The van der Waals surface area contributed by atoms with Crippen molar-refractivity contribution in [2.75, 3.05) is 19.8 Å². The van der Waals surface area contributed by atoms with Gasteiger partial charge in [0.15, 0.2) is 0 Å². The second kappa shape index (κ2) is 8.16. The predicted octanol–water partition coefficient (Wildman–Crippen LogP) is 2.43. The van der Waals surface area contributed by atoms with Crippen LogP contribution in [0.5, 0.6) is 0 Å². The van der Waals surface area contributed by atoms with E-state index >= 15 is 0 Å². The van der Waals surface area contributed by atoms with Gasteiger partial charge in [0.05, 0.1) is 18.8 Å². The summed E-state index contributed by atoms with van der Waals surface area (Å²) in [5, 5.41) is 15.3. The quantitative estimate of drug-likeness (QED) is 0.644. The minimum atomic E-state index is -0.121. The summed E-state index contributed by atoms with van der Waals surface area (Å²) in [7, 11) is 0. The zero-order valence-electron chi connectivity index (χ0n) is 14.1. The first kappa shape index (κ1) is 17.5. The molecule has 5 heteroatoms. The SMILES string of the molecule is CC(C)CCOC1CCCCC1NC(=O)NCC1(CO)CC1. The number of rotatable bonds is 8. The van der Waals surface area contributed by atoms with Gasteiger partial charge in [-0.2, -0.15) is 0 Å². The standard InChI is InChI=1S/C17H32N2O3/c1-13(2)7-10-22-15-6-4-3-5-14(15)19-16(21)18-11-17(12-20)8-9-17/h13-15,20H,3-12H2,1-2H3,(H2,18,19,21). The molecule has 0 aromatic rings. The zero-order valence-corrected chi connectivity index (χ0v) is 14.1. The lowest BCUT2D eigenvalue weighted by Crippen LogP contribution is -2.50. The fourth-order valence-electron chi connectivity index (χ4n) is 2.97. The Morgan fingerprint density at radius 3 is 2.68 bits per heavy atom. The highest BCUT2D eigenvalue weighted by Crippen LogP contribution is 2.44. The maximum atomic E-state index is 12.1. The number of hydrogen-bond donors (Lipinski definition) is 3. The molecule has 128 valence electrons. The van der Waals surface area contributed by atoms with Crippen LogP contribution in [-0.4, -0.2) is 43.0 Å². The van der Waals surface area contributed by atoms with Crippen LogP contribution in [0, 0.1) is 11.3 Å². The molecule has 22 heavy (non-hydrogen) atoms. The molecule has 2 amide bonds. The van der Waals surface area contributed by atoms with Crippen LogP contribution in [0.3, 0.4) is 0 Å². The molecule has 2 aliphatic rings. The number of urea groups is 1. The lowest BCUT2D eigenvalue weighted by atomic mass is 9.92. The Morgan fingerprint density at radius 1 is 1.32 bits per heavy atom. The largest absolute Gasteiger partial charge is 0.396 e. The molecular weight excluding hydrogens is 280 g/mol. The summed E-state index contributed by atoms with van der Waals surface area (Å²) in [6.45, 7) is 5.90. The molecule has 0 radical (unpaired) electrons. The lowest BCUT2D eigenvalue weighted by molar-refractivity contribution is 0.00335. The van der Waals surface area contributed by atoms with Crippen molar-refractivity contribution in [3.63, 3.8) is 0 Å². The van der Waals surface area contributed by atoms with Crippen LogP contribution in [0.1, 0.15) is 58.8 Å². The van der Waals surface area contributed by atoms with Gasteiger partial charge in [-0.15, -0.1) is 0 Å². The Labute approximate surface area is 134 Å². The maximum absolute atomic E-state index is 12.1. The molecule has 0 aromatic heterocycles. The van der Waals surface area contributed by atoms with E-state index in [4.69, 9.17) is 4.74 Å². The van der Waals surface area contributed by atoms with Gasteiger partial charge in [-0.3, -0.25) is 0 Å². The van der Waals surface area contributed by atoms with E-state index in [1.165, 1.54) is 6.42 Å². The number of hydrogen-bond acceptors (Lipinski definition) is 3. The van der Waals surface area contributed by atoms with Gasteiger partial charge in [0.1, 0.15) is 0 Å². The normalized spacial score (nSPS) is 26.7. The molecule has 0 saturated heterocycles. The molecule has 3 N–H and O–H groups in total. The van der Waals surface area contributed by atoms with Crippen LogP contribution in [0.25, 0.3) is 0 Å². The van der Waals surface area contributed by atoms with Crippen molar-refractivity contribution in [3.05, 3.63) is 0 Å². The number of carbonyl (C=O) groups excluding carboxylic acids is 1. The highest BCUT2D eigenvalue weighted by Gasteiger charge is 2.42. The predicted molar refractivity (Wildman–Crippen MR) is 86.7 cm³/mol. The van der Waals surface area contributed by atoms with Crippen molar-refractivity contribution in [1.29, 1.82) is 0 Å². The van der Waals surface area contributed by atoms with Gasteiger partial charge in [-0.1, -0.05) is 26.7 Å². The molecule has 5 nitrogen and oxygen atoms in total. The van der Waals surface area contributed by atoms with Crippen LogP contribution in [0.15, 0.2) is 0 Å². The second-order valence-corrected chi connectivity index (χ2v) is 7.47. The topological polar surface area (TPSA) is 70.6 Å². The Kier molecular flexibility index (Phi) is 6.50. The van der Waals surface area contributed by atoms with Crippen molar-refractivity contribution in [3.8, 4) is 0 Å². The fraction of sp³-hybridized carbons (Fsp3) is 0.941. The number of ether oxygens (including phenoxy) is 1. The van der Waals surface area contributed by atoms with Gasteiger partial charge in [-0.25, -0.2) is 4.79 Å². The Balaban J connectivity index is 1.71. The molecule has 0 aromatic carbocycles. The minimum absolute atomic E-state index is 0.0446. The summed E-state index contributed by atoms with van der Waals surface area (Å²) in [6.07, 6.45) is 7.58. The Bertz CT molecular complexity index is 356. The molecule has 0 bridgehead atoms. The molecule has 2 fully saturated rings. The smallest absolute Gasteiger partial charge is 0.315 e. The van der Waals surface area contributed by atoms with E-state index in [9.17, 15) is 9.90 Å². The van der Waals surface area contributed by atoms with Gasteiger partial charge in [0, 0.05) is 18.6 Å². The average Bonchev–Trinajstić information content (AvgIpc) is 3.27. The molecule has 2 aliphatic carbocycles. The highest BCUT2D eigenvalue weighted by molar-refractivity contribution is 5.74. The van der Waals surface area contributed by atoms with Crippen LogP contribution >= 0.6 is 0 Å². The first-order valence-corrected chi connectivity index (χ1v) is 8.81. The van der Waals surface area contributed by atoms with E-state index in [0.29, 0.717) is 12.5 Å². The molecule has 2 saturated carbocycles. The zero-order chi connectivity index (χ0) is 16.0. The number of aliphatic hydroxyl groups is 1. The molecule has 0 aliphatic heterocycles. The fourth-order valence-corrected chi connectivity index (χ4v) is 2.97. The summed E-state index contributed by atoms with van der Waals surface area (Å²) in [5.74, 6) is 0.645. The van der Waals surface area contributed by atoms with Crippen molar-refractivity contribution in [2.45, 2.75) is 70.9 Å². The number of carbonyl (C=O) groups is 1. The Hall–Kier alpha value is -0.810. The van der Waals surface area contributed by atoms with Crippen molar-refractivity contribution in [2.24, 2.45) is 11.3 Å². The average molecular weight is 312 g/mol. The van der Waals surface area contributed by atoms with Crippen molar-refractivity contribution in [1.82, 2.24) is 10.6 Å². The summed E-state index contributed by atoms with van der Waals surface area (Å²) in [5.41, 5.74) is -0.0446. The van der Waals surface area contributed by atoms with E-state index in [-0.39, 0.29) is 30.2 Å². The third kappa shape index (κ3) is 5.43. The maximum Gasteiger partial charge on any atom is 0.315 e. The first-order chi connectivity index (χ1) is 10.5. The molecule has 0 spiro atoms. The van der Waals surface area contributed by atoms with Crippen LogP contribution in [0.2, 0.25) is 0 Å². The third-order valence-electron chi connectivity index (χ3n) is 4.96. The van der Waals surface area contributed by atoms with Crippen LogP contribution in [-0.2, 0) is 4.74 Å². The monoisotopic (exact) mass is 312 g/mol. The van der Waals surface area contributed by atoms with Gasteiger partial charge in [0.25, 0.3) is 0 Å². The lowest BCUT2D eigenvalue weighted by Gasteiger charge is -2.32. The summed E-state index contributed by atoms with van der Waals surface area (Å²) < 4.78 is 6.00. The molecule has 2 unspecified atom stereocenters. The van der Waals surface area contributed by atoms with E-state index < -0.39 is 0 Å². The molecular formula is C17H32N2O3. The van der Waals surface area contributed by atoms with Crippen molar-refractivity contribution >= 4 is 6.03 Å². The van der Waals surface area contributed by atoms with E-state index in [2.05, 4.69) is 24.5 Å². The number of aliphatic hydroxyl groups excluding tert-OH is 1. The Morgan fingerprint density at radius 2 is 2.05 bits per heavy atom. The molecule has 0 heterocycles. The van der Waals surface area contributed by atoms with Gasteiger partial charge in [-0.05, 0) is 38.0 Å². The van der Waals surface area contributed by atoms with Gasteiger partial charge in [0.2, 0.25) is 0 Å². The van der Waals surface area contributed by atoms with Gasteiger partial charge >= 0.3 is 6.03 Å². The van der Waals surface area contributed by atoms with E-state index in [0.717, 1.165) is 45.1 Å². The van der Waals surface area contributed by atoms with Gasteiger partial charge < -0.3 is 20.5 Å². The molecule has 2 rings (SSSR count). The molecule has 2 atom stereocenters. The minimum Gasteiger partial charge on any atom is -0.396 e. The first-order valence-electron chi connectivity index (χ1n) is 8.81. The number of nitrogens with one attached hydrogen (secondary N) is 2. The number of amides is 2. The summed E-state index contributed by atoms with van der Waals surface area (Å²) >= 11 is 0. The summed E-state index contributed by atoms with van der Waals surface area (Å²) in [6, 6.07) is -0.00530. The summed E-state index contributed by atoms with van der Waals surface area (Å²) in [4.78, 5) is 12.1. The second-order valence-electron chi connectivity index (χ2n) is 7.47. The van der Waals surface area contributed by atoms with E-state index in [1.54, 1.807) is 0 Å². The van der Waals surface area contributed by atoms with Crippen molar-refractivity contribution < 1.29 is 14.6 Å². The highest BCUT2D eigenvalue weighted by atomic mass is 16.5. The van der Waals surface area contributed by atoms with Crippen LogP contribution in [0.4, 0.5) is 4.79 Å². The van der Waals surface area contributed by atoms with Crippen LogP contribution < -0.4 is 10.6 Å². The third-order valence-corrected chi connectivity index (χ3v) is 4.96.